The number of nitrogens with zero attached hydrogens (tertiary/aromatic N) is 1. The first kappa shape index (κ1) is 15.5. The second-order valence-corrected chi connectivity index (χ2v) is 4.78. The van der Waals surface area contributed by atoms with Crippen LogP contribution in [-0.4, -0.2) is 24.2 Å². The van der Waals surface area contributed by atoms with Crippen molar-refractivity contribution in [2.75, 3.05) is 18.7 Å². The summed E-state index contributed by atoms with van der Waals surface area (Å²) in [6, 6.07) is 7.92. The molecule has 0 spiro atoms. The number of carbonyl (C=O) groups excluding carboxylic acids is 1. The van der Waals surface area contributed by atoms with Crippen LogP contribution in [0.15, 0.2) is 36.4 Å². The summed E-state index contributed by atoms with van der Waals surface area (Å²) in [5.41, 5.74) is -0.619. The number of amides is 1. The molecule has 2 aromatic carbocycles. The normalized spacial score (nSPS) is 11.9. The molecule has 0 unspecified atom stereocenters. The molecule has 1 heterocycles. The highest BCUT2D eigenvalue weighted by molar-refractivity contribution is 5.92. The number of ether oxygens (including phenoxy) is 3. The van der Waals surface area contributed by atoms with E-state index in [1.165, 1.54) is 6.07 Å². The molecule has 0 aliphatic carbocycles. The maximum Gasteiger partial charge on any atom is 0.306 e. The van der Waals surface area contributed by atoms with Crippen LogP contribution in [0.4, 0.5) is 15.8 Å². The van der Waals surface area contributed by atoms with E-state index in [-0.39, 0.29) is 19.1 Å². The lowest BCUT2D eigenvalue weighted by Gasteiger charge is -2.08. The Labute approximate surface area is 134 Å². The molecule has 1 N–H and O–H groups in total. The summed E-state index contributed by atoms with van der Waals surface area (Å²) in [7, 11) is 0. The van der Waals surface area contributed by atoms with Gasteiger partial charge in [-0.2, -0.15) is 4.39 Å². The molecule has 1 aliphatic heterocycles. The number of rotatable bonds is 5. The third-order valence-electron chi connectivity index (χ3n) is 3.14. The summed E-state index contributed by atoms with van der Waals surface area (Å²) in [5, 5.41) is 13.1. The molecular formula is C15H11FN2O6. The zero-order valence-corrected chi connectivity index (χ0v) is 12.2. The molecule has 0 bridgehead atoms. The Morgan fingerprint density at radius 2 is 2.04 bits per heavy atom. The van der Waals surface area contributed by atoms with Crippen LogP contribution in [0.5, 0.6) is 17.2 Å². The number of benzene rings is 2. The average molecular weight is 334 g/mol. The summed E-state index contributed by atoms with van der Waals surface area (Å²) >= 11 is 0. The predicted molar refractivity (Wildman–Crippen MR) is 79.7 cm³/mol. The molecule has 0 saturated carbocycles. The quantitative estimate of drug-likeness (QED) is 0.666. The molecule has 0 saturated heterocycles. The van der Waals surface area contributed by atoms with Gasteiger partial charge in [-0.25, -0.2) is 0 Å². The summed E-state index contributed by atoms with van der Waals surface area (Å²) < 4.78 is 28.9. The Morgan fingerprint density at radius 1 is 1.25 bits per heavy atom. The maximum absolute atomic E-state index is 13.2. The van der Waals surface area contributed by atoms with E-state index in [1.807, 2.05) is 0 Å². The van der Waals surface area contributed by atoms with E-state index in [2.05, 4.69) is 5.32 Å². The van der Waals surface area contributed by atoms with Gasteiger partial charge in [-0.15, -0.1) is 0 Å². The van der Waals surface area contributed by atoms with Crippen molar-refractivity contribution in [2.45, 2.75) is 0 Å². The van der Waals surface area contributed by atoms with Crippen LogP contribution in [0.2, 0.25) is 0 Å². The summed E-state index contributed by atoms with van der Waals surface area (Å²) in [6.45, 7) is -0.201. The Kier molecular flexibility index (Phi) is 4.15. The van der Waals surface area contributed by atoms with Crippen LogP contribution >= 0.6 is 0 Å². The second kappa shape index (κ2) is 6.41. The zero-order valence-electron chi connectivity index (χ0n) is 12.2. The number of carbonyl (C=O) groups is 1. The number of hydrogen-bond acceptors (Lipinski definition) is 6. The highest BCUT2D eigenvalue weighted by Gasteiger charge is 2.16. The fourth-order valence-corrected chi connectivity index (χ4v) is 2.04. The van der Waals surface area contributed by atoms with Gasteiger partial charge in [0.05, 0.1) is 4.92 Å². The number of nitrogens with one attached hydrogen (secondary N) is 1. The van der Waals surface area contributed by atoms with Gasteiger partial charge < -0.3 is 19.5 Å². The molecule has 0 atom stereocenters. The van der Waals surface area contributed by atoms with Crippen molar-refractivity contribution in [3.05, 3.63) is 52.3 Å². The molecule has 24 heavy (non-hydrogen) atoms. The standard InChI is InChI=1S/C15H11FN2O6/c16-11-3-1-9(5-12(11)18(20)21)17-15(19)7-22-10-2-4-13-14(6-10)24-8-23-13/h1-6H,7-8H2,(H,17,19). The van der Waals surface area contributed by atoms with Gasteiger partial charge in [0.15, 0.2) is 18.1 Å². The third kappa shape index (κ3) is 3.35. The van der Waals surface area contributed by atoms with Crippen molar-refractivity contribution < 1.29 is 28.3 Å². The molecule has 1 aliphatic rings. The zero-order chi connectivity index (χ0) is 17.1. The van der Waals surface area contributed by atoms with Gasteiger partial charge >= 0.3 is 5.69 Å². The van der Waals surface area contributed by atoms with Crippen LogP contribution in [0.25, 0.3) is 0 Å². The van der Waals surface area contributed by atoms with Gasteiger partial charge in [0, 0.05) is 17.8 Å². The molecule has 3 rings (SSSR count). The van der Waals surface area contributed by atoms with Crippen LogP contribution in [-0.2, 0) is 4.79 Å². The Hall–Kier alpha value is -3.36. The van der Waals surface area contributed by atoms with E-state index in [4.69, 9.17) is 14.2 Å². The highest BCUT2D eigenvalue weighted by Crippen LogP contribution is 2.35. The van der Waals surface area contributed by atoms with E-state index in [1.54, 1.807) is 18.2 Å². The van der Waals surface area contributed by atoms with Crippen molar-refractivity contribution in [2.24, 2.45) is 0 Å². The summed E-state index contributed by atoms with van der Waals surface area (Å²) in [5.74, 6) is -0.0184. The van der Waals surface area contributed by atoms with E-state index in [9.17, 15) is 19.3 Å². The fourth-order valence-electron chi connectivity index (χ4n) is 2.04. The smallest absolute Gasteiger partial charge is 0.306 e. The van der Waals surface area contributed by atoms with Gasteiger partial charge in [0.2, 0.25) is 12.6 Å². The first-order valence-electron chi connectivity index (χ1n) is 6.79. The van der Waals surface area contributed by atoms with Gasteiger partial charge in [0.25, 0.3) is 5.91 Å². The molecule has 9 heteroatoms. The molecule has 2 aromatic rings. The van der Waals surface area contributed by atoms with Gasteiger partial charge in [-0.05, 0) is 24.3 Å². The van der Waals surface area contributed by atoms with Crippen molar-refractivity contribution >= 4 is 17.3 Å². The molecule has 0 fully saturated rings. The van der Waals surface area contributed by atoms with Crippen molar-refractivity contribution in [3.63, 3.8) is 0 Å². The minimum atomic E-state index is -0.977. The first-order chi connectivity index (χ1) is 11.5. The van der Waals surface area contributed by atoms with Crippen LogP contribution in [0.1, 0.15) is 0 Å². The summed E-state index contributed by atoms with van der Waals surface area (Å²) in [6.07, 6.45) is 0. The average Bonchev–Trinajstić information content (AvgIpc) is 3.02. The lowest BCUT2D eigenvalue weighted by molar-refractivity contribution is -0.387. The molecule has 124 valence electrons. The highest BCUT2D eigenvalue weighted by atomic mass is 19.1. The number of halogens is 1. The Morgan fingerprint density at radius 3 is 2.83 bits per heavy atom. The van der Waals surface area contributed by atoms with Gasteiger partial charge in [-0.1, -0.05) is 0 Å². The van der Waals surface area contributed by atoms with Crippen LogP contribution in [0.3, 0.4) is 0 Å². The van der Waals surface area contributed by atoms with E-state index in [0.717, 1.165) is 12.1 Å². The SMILES string of the molecule is O=C(COc1ccc2c(c1)OCO2)Nc1ccc(F)c([N+](=O)[O-])c1. The Bertz CT molecular complexity index is 811. The fraction of sp³-hybridized carbons (Fsp3) is 0.133. The largest absolute Gasteiger partial charge is 0.484 e. The maximum atomic E-state index is 13.2. The molecule has 0 radical (unpaired) electrons. The van der Waals surface area contributed by atoms with Crippen molar-refractivity contribution in [3.8, 4) is 17.2 Å². The monoisotopic (exact) mass is 334 g/mol. The van der Waals surface area contributed by atoms with E-state index in [0.29, 0.717) is 17.2 Å². The molecule has 0 aromatic heterocycles. The van der Waals surface area contributed by atoms with Gasteiger partial charge in [-0.3, -0.25) is 14.9 Å². The summed E-state index contributed by atoms with van der Waals surface area (Å²) in [4.78, 5) is 21.6. The van der Waals surface area contributed by atoms with E-state index >= 15 is 0 Å². The first-order valence-corrected chi connectivity index (χ1v) is 6.79. The molecule has 1 amide bonds. The third-order valence-corrected chi connectivity index (χ3v) is 3.14. The minimum absolute atomic E-state index is 0.0994. The lowest BCUT2D eigenvalue weighted by Crippen LogP contribution is -2.20. The Balaban J connectivity index is 1.60. The van der Waals surface area contributed by atoms with E-state index < -0.39 is 22.3 Å². The van der Waals surface area contributed by atoms with Crippen molar-refractivity contribution in [1.82, 2.24) is 0 Å². The van der Waals surface area contributed by atoms with Crippen LogP contribution < -0.4 is 19.5 Å². The van der Waals surface area contributed by atoms with Crippen LogP contribution in [0, 0.1) is 15.9 Å². The molecular weight excluding hydrogens is 323 g/mol. The number of nitro benzene ring substituents is 1. The minimum Gasteiger partial charge on any atom is -0.484 e. The number of anilines is 1. The van der Waals surface area contributed by atoms with Crippen molar-refractivity contribution in [1.29, 1.82) is 0 Å². The predicted octanol–water partition coefficient (Wildman–Crippen LogP) is 2.48. The molecule has 8 nitrogen and oxygen atoms in total. The topological polar surface area (TPSA) is 99.9 Å². The number of fused-ring (bicyclic) bond motifs is 1. The number of hydrogen-bond donors (Lipinski definition) is 1. The van der Waals surface area contributed by atoms with Gasteiger partial charge in [0.1, 0.15) is 5.75 Å². The lowest BCUT2D eigenvalue weighted by atomic mass is 10.2. The number of nitro groups is 1. The second-order valence-electron chi connectivity index (χ2n) is 4.78.